The Bertz CT molecular complexity index is 1100. The van der Waals surface area contributed by atoms with Gasteiger partial charge in [0.05, 0.1) is 17.6 Å². The van der Waals surface area contributed by atoms with Gasteiger partial charge in [0.2, 0.25) is 5.91 Å². The normalized spacial score (nSPS) is 19.5. The number of piperidine rings is 1. The first-order valence-corrected chi connectivity index (χ1v) is 11.8. The van der Waals surface area contributed by atoms with Gasteiger partial charge >= 0.3 is 0 Å². The molecule has 1 spiro atoms. The SMILES string of the molecule is CC(=O)O.O=C(Cc1[nH]nc2ccccc12)NC1CCCC12CCN(Cc1cncnc1)CC2. The van der Waals surface area contributed by atoms with Gasteiger partial charge in [-0.1, -0.05) is 24.6 Å². The van der Waals surface area contributed by atoms with Gasteiger partial charge in [-0.3, -0.25) is 19.6 Å². The smallest absolute Gasteiger partial charge is 0.300 e. The van der Waals surface area contributed by atoms with Crippen LogP contribution in [0.2, 0.25) is 0 Å². The summed E-state index contributed by atoms with van der Waals surface area (Å²) in [6, 6.07) is 8.22. The molecule has 9 heteroatoms. The van der Waals surface area contributed by atoms with Crippen LogP contribution in [-0.4, -0.2) is 61.2 Å². The number of carboxylic acids is 1. The summed E-state index contributed by atoms with van der Waals surface area (Å²) >= 11 is 0. The van der Waals surface area contributed by atoms with Gasteiger partial charge in [-0.25, -0.2) is 9.97 Å². The predicted octanol–water partition coefficient (Wildman–Crippen LogP) is 2.94. The van der Waals surface area contributed by atoms with Crippen LogP contribution in [0.5, 0.6) is 0 Å². The third-order valence-corrected chi connectivity index (χ3v) is 6.99. The highest BCUT2D eigenvalue weighted by Crippen LogP contribution is 2.46. The molecule has 3 N–H and O–H groups in total. The highest BCUT2D eigenvalue weighted by atomic mass is 16.4. The second kappa shape index (κ2) is 10.7. The predicted molar refractivity (Wildman–Crippen MR) is 128 cm³/mol. The summed E-state index contributed by atoms with van der Waals surface area (Å²) in [6.07, 6.45) is 11.5. The van der Waals surface area contributed by atoms with Crippen LogP contribution in [0.1, 0.15) is 50.3 Å². The Hall–Kier alpha value is -3.33. The van der Waals surface area contributed by atoms with Crippen molar-refractivity contribution in [3.05, 3.63) is 54.2 Å². The number of carbonyl (C=O) groups is 2. The van der Waals surface area contributed by atoms with E-state index in [1.54, 1.807) is 6.33 Å². The summed E-state index contributed by atoms with van der Waals surface area (Å²) in [6.45, 7) is 4.11. The molecule has 3 heterocycles. The number of aromatic nitrogens is 4. The van der Waals surface area contributed by atoms with E-state index in [0.29, 0.717) is 6.42 Å². The minimum atomic E-state index is -0.833. The summed E-state index contributed by atoms with van der Waals surface area (Å²) in [7, 11) is 0. The van der Waals surface area contributed by atoms with Crippen molar-refractivity contribution in [1.82, 2.24) is 30.4 Å². The highest BCUT2D eigenvalue weighted by Gasteiger charge is 2.45. The summed E-state index contributed by atoms with van der Waals surface area (Å²) < 4.78 is 0. The number of nitrogens with zero attached hydrogens (tertiary/aromatic N) is 4. The minimum Gasteiger partial charge on any atom is -0.481 e. The molecule has 1 saturated carbocycles. The van der Waals surface area contributed by atoms with Gasteiger partial charge in [0.15, 0.2) is 0 Å². The van der Waals surface area contributed by atoms with Crippen molar-refractivity contribution >= 4 is 22.8 Å². The van der Waals surface area contributed by atoms with Crippen molar-refractivity contribution in [3.63, 3.8) is 0 Å². The van der Waals surface area contributed by atoms with E-state index >= 15 is 0 Å². The van der Waals surface area contributed by atoms with Crippen molar-refractivity contribution in [2.75, 3.05) is 13.1 Å². The summed E-state index contributed by atoms with van der Waals surface area (Å²) in [5.41, 5.74) is 3.22. The van der Waals surface area contributed by atoms with Crippen LogP contribution in [0.25, 0.3) is 10.9 Å². The number of para-hydroxylation sites is 1. The first kappa shape index (κ1) is 23.8. The minimum absolute atomic E-state index is 0.0968. The lowest BCUT2D eigenvalue weighted by Gasteiger charge is -2.43. The molecular weight excluding hydrogens is 432 g/mol. The number of carboxylic acid groups (broad SMARTS) is 1. The first-order valence-electron chi connectivity index (χ1n) is 11.8. The van der Waals surface area contributed by atoms with Gasteiger partial charge in [0.25, 0.3) is 5.97 Å². The maximum absolute atomic E-state index is 12.9. The lowest BCUT2D eigenvalue weighted by molar-refractivity contribution is -0.134. The van der Waals surface area contributed by atoms with Crippen molar-refractivity contribution in [2.24, 2.45) is 5.41 Å². The molecule has 1 unspecified atom stereocenters. The van der Waals surface area contributed by atoms with Crippen LogP contribution in [0, 0.1) is 5.41 Å². The molecule has 1 aromatic carbocycles. The first-order chi connectivity index (χ1) is 16.4. The Morgan fingerprint density at radius 3 is 2.62 bits per heavy atom. The van der Waals surface area contributed by atoms with Gasteiger partial charge in [0, 0.05) is 42.9 Å². The Labute approximate surface area is 199 Å². The molecule has 2 aliphatic rings. The molecule has 34 heavy (non-hydrogen) atoms. The lowest BCUT2D eigenvalue weighted by Crippen LogP contribution is -2.50. The number of fused-ring (bicyclic) bond motifs is 1. The molecule has 2 fully saturated rings. The fourth-order valence-corrected chi connectivity index (χ4v) is 5.34. The highest BCUT2D eigenvalue weighted by molar-refractivity contribution is 5.87. The molecule has 1 saturated heterocycles. The zero-order valence-corrected chi connectivity index (χ0v) is 19.5. The van der Waals surface area contributed by atoms with Crippen molar-refractivity contribution in [3.8, 4) is 0 Å². The summed E-state index contributed by atoms with van der Waals surface area (Å²) in [4.78, 5) is 32.6. The van der Waals surface area contributed by atoms with E-state index in [2.05, 4.69) is 30.4 Å². The molecule has 1 aliphatic carbocycles. The number of amides is 1. The van der Waals surface area contributed by atoms with Gasteiger partial charge in [-0.05, 0) is 50.3 Å². The zero-order valence-electron chi connectivity index (χ0n) is 19.5. The molecule has 0 bridgehead atoms. The summed E-state index contributed by atoms with van der Waals surface area (Å²) in [5.74, 6) is -0.737. The molecule has 1 amide bonds. The number of benzene rings is 1. The van der Waals surface area contributed by atoms with E-state index in [1.807, 2.05) is 36.7 Å². The molecule has 5 rings (SSSR count). The van der Waals surface area contributed by atoms with Crippen LogP contribution < -0.4 is 5.32 Å². The van der Waals surface area contributed by atoms with Crippen LogP contribution in [-0.2, 0) is 22.6 Å². The molecule has 0 radical (unpaired) electrons. The molecule has 180 valence electrons. The number of nitrogens with one attached hydrogen (secondary N) is 2. The van der Waals surface area contributed by atoms with Crippen LogP contribution in [0.4, 0.5) is 0 Å². The number of carbonyl (C=O) groups excluding carboxylic acids is 1. The number of hydrogen-bond acceptors (Lipinski definition) is 6. The standard InChI is InChI=1S/C23H28N6O.C2H4O2/c30-22(12-20-18-4-1-2-5-19(18)27-28-20)26-21-6-3-7-23(21)8-10-29(11-9-23)15-17-13-24-16-25-14-17;1-2(3)4/h1-2,4-5,13-14,16,21H,3,6-12,15H2,(H,26,30)(H,27,28);1H3,(H,3,4). The van der Waals surface area contributed by atoms with Gasteiger partial charge < -0.3 is 10.4 Å². The van der Waals surface area contributed by atoms with Crippen LogP contribution in [0.15, 0.2) is 43.0 Å². The molecule has 9 nitrogen and oxygen atoms in total. The third-order valence-electron chi connectivity index (χ3n) is 6.99. The largest absolute Gasteiger partial charge is 0.481 e. The zero-order chi connectivity index (χ0) is 24.0. The van der Waals surface area contributed by atoms with Crippen molar-refractivity contribution in [1.29, 1.82) is 0 Å². The molecule has 1 aliphatic heterocycles. The number of hydrogen-bond donors (Lipinski definition) is 3. The number of rotatable bonds is 5. The van der Waals surface area contributed by atoms with E-state index in [1.165, 1.54) is 12.8 Å². The second-order valence-corrected chi connectivity index (χ2v) is 9.31. The molecule has 1 atom stereocenters. The van der Waals surface area contributed by atoms with E-state index in [4.69, 9.17) is 9.90 Å². The Morgan fingerprint density at radius 2 is 1.88 bits per heavy atom. The van der Waals surface area contributed by atoms with Gasteiger partial charge in [-0.15, -0.1) is 0 Å². The molecular formula is C25H32N6O3. The van der Waals surface area contributed by atoms with Gasteiger partial charge in [-0.2, -0.15) is 5.10 Å². The fourth-order valence-electron chi connectivity index (χ4n) is 5.34. The van der Waals surface area contributed by atoms with Crippen LogP contribution in [0.3, 0.4) is 0 Å². The van der Waals surface area contributed by atoms with E-state index in [0.717, 1.165) is 68.0 Å². The number of likely N-dealkylation sites (tertiary alicyclic amines) is 1. The number of aliphatic carboxylic acids is 1. The van der Waals surface area contributed by atoms with Crippen molar-refractivity contribution in [2.45, 2.75) is 58.0 Å². The number of aromatic amines is 1. The fraction of sp³-hybridized carbons (Fsp3) is 0.480. The van der Waals surface area contributed by atoms with Crippen LogP contribution >= 0.6 is 0 Å². The number of H-pyrrole nitrogens is 1. The van der Waals surface area contributed by atoms with Crippen molar-refractivity contribution < 1.29 is 14.7 Å². The average molecular weight is 465 g/mol. The Kier molecular flexibility index (Phi) is 7.52. The topological polar surface area (TPSA) is 124 Å². The second-order valence-electron chi connectivity index (χ2n) is 9.31. The molecule has 3 aromatic rings. The third kappa shape index (κ3) is 5.77. The lowest BCUT2D eigenvalue weighted by atomic mass is 9.74. The quantitative estimate of drug-likeness (QED) is 0.530. The maximum atomic E-state index is 12.9. The Morgan fingerprint density at radius 1 is 1.18 bits per heavy atom. The van der Waals surface area contributed by atoms with E-state index in [-0.39, 0.29) is 17.4 Å². The van der Waals surface area contributed by atoms with E-state index in [9.17, 15) is 4.79 Å². The van der Waals surface area contributed by atoms with Gasteiger partial charge in [0.1, 0.15) is 6.33 Å². The van der Waals surface area contributed by atoms with E-state index < -0.39 is 5.97 Å². The molecule has 2 aromatic heterocycles. The average Bonchev–Trinajstić information content (AvgIpc) is 3.40. The maximum Gasteiger partial charge on any atom is 0.300 e. The Balaban J connectivity index is 0.000000636. The summed E-state index contributed by atoms with van der Waals surface area (Å²) in [5, 5.41) is 19.2. The monoisotopic (exact) mass is 464 g/mol.